The van der Waals surface area contributed by atoms with Gasteiger partial charge in [0, 0.05) is 31.7 Å². The van der Waals surface area contributed by atoms with E-state index in [2.05, 4.69) is 10.6 Å². The molecule has 1 aliphatic heterocycles. The molecule has 0 aromatic heterocycles. The standard InChI is InChI=1S/C11H15N3O3/c1-17-11-6-8(2-3-10(11)14(15)16)9-7-12-4-5-13-9/h2-3,6,9,12-13H,4-5,7H2,1H3. The van der Waals surface area contributed by atoms with Crippen molar-refractivity contribution in [2.75, 3.05) is 26.7 Å². The van der Waals surface area contributed by atoms with Crippen LogP contribution in [0, 0.1) is 10.1 Å². The first-order valence-corrected chi connectivity index (χ1v) is 5.49. The molecule has 0 aliphatic carbocycles. The van der Waals surface area contributed by atoms with Crippen LogP contribution in [0.2, 0.25) is 0 Å². The Bertz CT molecular complexity index is 416. The lowest BCUT2D eigenvalue weighted by Crippen LogP contribution is -2.42. The maximum atomic E-state index is 10.8. The van der Waals surface area contributed by atoms with E-state index in [4.69, 9.17) is 4.74 Å². The molecule has 92 valence electrons. The van der Waals surface area contributed by atoms with Crippen molar-refractivity contribution in [3.05, 3.63) is 33.9 Å². The highest BCUT2D eigenvalue weighted by molar-refractivity contribution is 5.49. The lowest BCUT2D eigenvalue weighted by molar-refractivity contribution is -0.385. The van der Waals surface area contributed by atoms with Crippen molar-refractivity contribution in [1.82, 2.24) is 10.6 Å². The maximum absolute atomic E-state index is 10.8. The second-order valence-electron chi connectivity index (χ2n) is 3.90. The molecular formula is C11H15N3O3. The Labute approximate surface area is 99.1 Å². The van der Waals surface area contributed by atoms with Crippen molar-refractivity contribution in [3.8, 4) is 5.75 Å². The number of hydrogen-bond donors (Lipinski definition) is 2. The molecular weight excluding hydrogens is 222 g/mol. The average molecular weight is 237 g/mol. The van der Waals surface area contributed by atoms with Crippen molar-refractivity contribution >= 4 is 5.69 Å². The van der Waals surface area contributed by atoms with Gasteiger partial charge in [-0.2, -0.15) is 0 Å². The maximum Gasteiger partial charge on any atom is 0.310 e. The van der Waals surface area contributed by atoms with Crippen LogP contribution in [-0.4, -0.2) is 31.7 Å². The largest absolute Gasteiger partial charge is 0.490 e. The van der Waals surface area contributed by atoms with E-state index in [1.807, 2.05) is 0 Å². The molecule has 17 heavy (non-hydrogen) atoms. The van der Waals surface area contributed by atoms with Crippen LogP contribution in [-0.2, 0) is 0 Å². The molecule has 1 atom stereocenters. The Kier molecular flexibility index (Phi) is 3.55. The summed E-state index contributed by atoms with van der Waals surface area (Å²) >= 11 is 0. The molecule has 0 spiro atoms. The molecule has 6 nitrogen and oxygen atoms in total. The van der Waals surface area contributed by atoms with Gasteiger partial charge < -0.3 is 15.4 Å². The summed E-state index contributed by atoms with van der Waals surface area (Å²) in [7, 11) is 1.44. The predicted molar refractivity (Wildman–Crippen MR) is 63.3 cm³/mol. The molecule has 1 aromatic rings. The third kappa shape index (κ3) is 2.54. The zero-order chi connectivity index (χ0) is 12.3. The van der Waals surface area contributed by atoms with E-state index >= 15 is 0 Å². The topological polar surface area (TPSA) is 76.4 Å². The monoisotopic (exact) mass is 237 g/mol. The Balaban J connectivity index is 2.27. The Hall–Kier alpha value is -1.66. The number of nitrogens with one attached hydrogen (secondary N) is 2. The fourth-order valence-corrected chi connectivity index (χ4v) is 1.95. The van der Waals surface area contributed by atoms with Gasteiger partial charge in [0.2, 0.25) is 0 Å². The second-order valence-corrected chi connectivity index (χ2v) is 3.90. The third-order valence-corrected chi connectivity index (χ3v) is 2.84. The van der Waals surface area contributed by atoms with E-state index in [1.54, 1.807) is 12.1 Å². The highest BCUT2D eigenvalue weighted by atomic mass is 16.6. The van der Waals surface area contributed by atoms with E-state index in [1.165, 1.54) is 13.2 Å². The average Bonchev–Trinajstić information content (AvgIpc) is 2.39. The number of ether oxygens (including phenoxy) is 1. The van der Waals surface area contributed by atoms with Crippen molar-refractivity contribution in [2.24, 2.45) is 0 Å². The molecule has 1 unspecified atom stereocenters. The summed E-state index contributed by atoms with van der Waals surface area (Å²) in [5, 5.41) is 17.4. The van der Waals surface area contributed by atoms with Gasteiger partial charge in [-0.1, -0.05) is 6.07 Å². The van der Waals surface area contributed by atoms with Crippen molar-refractivity contribution in [1.29, 1.82) is 0 Å². The Morgan fingerprint density at radius 3 is 2.88 bits per heavy atom. The molecule has 0 bridgehead atoms. The van der Waals surface area contributed by atoms with Gasteiger partial charge in [0.25, 0.3) is 0 Å². The molecule has 2 N–H and O–H groups in total. The Morgan fingerprint density at radius 2 is 2.29 bits per heavy atom. The molecule has 0 radical (unpaired) electrons. The predicted octanol–water partition coefficient (Wildman–Crippen LogP) is 0.837. The van der Waals surface area contributed by atoms with Gasteiger partial charge in [0.15, 0.2) is 5.75 Å². The van der Waals surface area contributed by atoms with Crippen LogP contribution in [0.15, 0.2) is 18.2 Å². The van der Waals surface area contributed by atoms with Crippen LogP contribution < -0.4 is 15.4 Å². The minimum Gasteiger partial charge on any atom is -0.490 e. The van der Waals surface area contributed by atoms with Crippen molar-refractivity contribution in [2.45, 2.75) is 6.04 Å². The zero-order valence-corrected chi connectivity index (χ0v) is 9.60. The van der Waals surface area contributed by atoms with E-state index in [0.717, 1.165) is 25.2 Å². The molecule has 6 heteroatoms. The van der Waals surface area contributed by atoms with Gasteiger partial charge in [-0.25, -0.2) is 0 Å². The summed E-state index contributed by atoms with van der Waals surface area (Å²) in [6.45, 7) is 2.66. The highest BCUT2D eigenvalue weighted by Gasteiger charge is 2.19. The summed E-state index contributed by atoms with van der Waals surface area (Å²) in [5.41, 5.74) is 1.000. The summed E-state index contributed by atoms with van der Waals surface area (Å²) < 4.78 is 5.05. The first-order valence-electron chi connectivity index (χ1n) is 5.49. The number of nitro groups is 1. The lowest BCUT2D eigenvalue weighted by Gasteiger charge is -2.25. The molecule has 1 aliphatic rings. The third-order valence-electron chi connectivity index (χ3n) is 2.84. The fraction of sp³-hybridized carbons (Fsp3) is 0.455. The number of rotatable bonds is 3. The van der Waals surface area contributed by atoms with Crippen LogP contribution in [0.3, 0.4) is 0 Å². The molecule has 2 rings (SSSR count). The van der Waals surface area contributed by atoms with Gasteiger partial charge in [0.05, 0.1) is 12.0 Å². The number of methoxy groups -OCH3 is 1. The Morgan fingerprint density at radius 1 is 1.47 bits per heavy atom. The molecule has 0 saturated carbocycles. The number of piperazine rings is 1. The summed E-state index contributed by atoms with van der Waals surface area (Å²) in [6, 6.07) is 5.16. The number of hydrogen-bond acceptors (Lipinski definition) is 5. The SMILES string of the molecule is COc1cc(C2CNCCN2)ccc1[N+](=O)[O-]. The molecule has 0 amide bonds. The number of benzene rings is 1. The van der Waals surface area contributed by atoms with Crippen molar-refractivity contribution in [3.63, 3.8) is 0 Å². The summed E-state index contributed by atoms with van der Waals surface area (Å²) in [5.74, 6) is 0.305. The fourth-order valence-electron chi connectivity index (χ4n) is 1.95. The first-order chi connectivity index (χ1) is 8.22. The van der Waals surface area contributed by atoms with Gasteiger partial charge in [0.1, 0.15) is 0 Å². The van der Waals surface area contributed by atoms with Crippen LogP contribution in [0.5, 0.6) is 5.75 Å². The van der Waals surface area contributed by atoms with E-state index in [-0.39, 0.29) is 11.7 Å². The van der Waals surface area contributed by atoms with Crippen LogP contribution in [0.4, 0.5) is 5.69 Å². The normalized spacial score (nSPS) is 19.9. The van der Waals surface area contributed by atoms with Gasteiger partial charge >= 0.3 is 5.69 Å². The molecule has 1 heterocycles. The van der Waals surface area contributed by atoms with Gasteiger partial charge in [-0.15, -0.1) is 0 Å². The number of nitro benzene ring substituents is 1. The molecule has 1 fully saturated rings. The lowest BCUT2D eigenvalue weighted by atomic mass is 10.0. The minimum atomic E-state index is -0.435. The highest BCUT2D eigenvalue weighted by Crippen LogP contribution is 2.29. The molecule has 1 saturated heterocycles. The van der Waals surface area contributed by atoms with Crippen LogP contribution >= 0.6 is 0 Å². The summed E-state index contributed by atoms with van der Waals surface area (Å²) in [4.78, 5) is 10.3. The van der Waals surface area contributed by atoms with Gasteiger partial charge in [-0.3, -0.25) is 10.1 Å². The zero-order valence-electron chi connectivity index (χ0n) is 9.60. The van der Waals surface area contributed by atoms with Gasteiger partial charge in [-0.05, 0) is 11.6 Å². The second kappa shape index (κ2) is 5.11. The number of nitrogens with zero attached hydrogens (tertiary/aromatic N) is 1. The van der Waals surface area contributed by atoms with Crippen LogP contribution in [0.25, 0.3) is 0 Å². The van der Waals surface area contributed by atoms with E-state index < -0.39 is 4.92 Å². The first kappa shape index (κ1) is 11.8. The van der Waals surface area contributed by atoms with E-state index in [9.17, 15) is 10.1 Å². The minimum absolute atomic E-state index is 0.0000172. The van der Waals surface area contributed by atoms with Crippen molar-refractivity contribution < 1.29 is 9.66 Å². The van der Waals surface area contributed by atoms with Crippen LogP contribution in [0.1, 0.15) is 11.6 Å². The van der Waals surface area contributed by atoms with E-state index in [0.29, 0.717) is 5.75 Å². The summed E-state index contributed by atoms with van der Waals surface area (Å²) in [6.07, 6.45) is 0. The molecule has 1 aromatic carbocycles. The quantitative estimate of drug-likeness (QED) is 0.601. The smallest absolute Gasteiger partial charge is 0.310 e.